The molecule has 5 rings (SSSR count). The molecule has 2 unspecified atom stereocenters. The summed E-state index contributed by atoms with van der Waals surface area (Å²) in [4.78, 5) is 4.54. The predicted molar refractivity (Wildman–Crippen MR) is 120 cm³/mol. The Hall–Kier alpha value is -1.53. The monoisotopic (exact) mass is 449 g/mol. The number of piperidine rings is 1. The number of hydrogen-bond donors (Lipinski definition) is 1. The zero-order valence-corrected chi connectivity index (χ0v) is 18.3. The minimum atomic E-state index is -0.161. The molecule has 0 amide bonds. The number of nitrogens with zero attached hydrogens (tertiary/aromatic N) is 2. The van der Waals surface area contributed by atoms with Crippen LogP contribution in [0.5, 0.6) is 0 Å². The van der Waals surface area contributed by atoms with Crippen LogP contribution in [0.25, 0.3) is 0 Å². The molecule has 0 radical (unpaired) electrons. The van der Waals surface area contributed by atoms with E-state index in [4.69, 9.17) is 27.9 Å². The highest BCUT2D eigenvalue weighted by molar-refractivity contribution is 6.42. The fourth-order valence-corrected chi connectivity index (χ4v) is 5.30. The number of nitrogens with one attached hydrogen (secondary N) is 1. The van der Waals surface area contributed by atoms with Crippen molar-refractivity contribution in [1.29, 1.82) is 0 Å². The molecule has 2 saturated heterocycles. The molecule has 1 N–H and O–H groups in total. The fourth-order valence-electron chi connectivity index (χ4n) is 4.98. The van der Waals surface area contributed by atoms with Crippen molar-refractivity contribution in [2.24, 2.45) is 17.8 Å². The fraction of sp³-hybridized carbons (Fsp3) is 0.478. The van der Waals surface area contributed by atoms with Crippen molar-refractivity contribution in [3.63, 3.8) is 0 Å². The third kappa shape index (κ3) is 4.26. The average molecular weight is 450 g/mol. The van der Waals surface area contributed by atoms with Crippen molar-refractivity contribution in [2.45, 2.75) is 6.54 Å². The van der Waals surface area contributed by atoms with Crippen molar-refractivity contribution in [3.05, 3.63) is 57.8 Å². The van der Waals surface area contributed by atoms with E-state index in [0.717, 1.165) is 56.8 Å². The minimum Gasteiger partial charge on any atom is -0.385 e. The van der Waals surface area contributed by atoms with Gasteiger partial charge in [-0.15, -0.1) is 0 Å². The summed E-state index contributed by atoms with van der Waals surface area (Å²) in [6.07, 6.45) is 0. The standard InChI is InChI=1S/C23H26Cl2FN3O/c24-20-3-1-15(9-21(20)25)12-28-13-18-17(19(18)14-28)11-27-16-2-4-23(22(26)10-16)29-5-7-30-8-6-29/h1-4,9-10,17-19,27H,5-8,11-14H2. The smallest absolute Gasteiger partial charge is 0.148 e. The van der Waals surface area contributed by atoms with Gasteiger partial charge in [-0.2, -0.15) is 0 Å². The van der Waals surface area contributed by atoms with Crippen LogP contribution in [0.4, 0.5) is 15.8 Å². The lowest BCUT2D eigenvalue weighted by atomic mass is 10.2. The number of rotatable bonds is 6. The van der Waals surface area contributed by atoms with Gasteiger partial charge in [0.25, 0.3) is 0 Å². The molecule has 2 atom stereocenters. The highest BCUT2D eigenvalue weighted by atomic mass is 35.5. The third-order valence-corrected chi connectivity index (χ3v) is 7.42. The second-order valence-corrected chi connectivity index (χ2v) is 9.40. The molecular weight excluding hydrogens is 424 g/mol. The highest BCUT2D eigenvalue weighted by Gasteiger charge is 2.54. The first kappa shape index (κ1) is 20.4. The maximum absolute atomic E-state index is 14.6. The lowest BCUT2D eigenvalue weighted by Gasteiger charge is -2.29. The first-order valence-corrected chi connectivity index (χ1v) is 11.4. The van der Waals surface area contributed by atoms with Crippen LogP contribution in [-0.4, -0.2) is 50.8 Å². The highest BCUT2D eigenvalue weighted by Crippen LogP contribution is 2.52. The first-order valence-electron chi connectivity index (χ1n) is 10.6. The SMILES string of the molecule is Fc1cc(NCC2C3CN(Cc4ccc(Cl)c(Cl)c4)CC23)ccc1N1CCOCC1. The summed E-state index contributed by atoms with van der Waals surface area (Å²) in [6, 6.07) is 11.4. The Morgan fingerprint density at radius 3 is 2.47 bits per heavy atom. The molecule has 1 saturated carbocycles. The Bertz CT molecular complexity index is 909. The molecular formula is C23H26Cl2FN3O. The van der Waals surface area contributed by atoms with E-state index in [2.05, 4.69) is 15.1 Å². The van der Waals surface area contributed by atoms with Crippen molar-refractivity contribution >= 4 is 34.6 Å². The van der Waals surface area contributed by atoms with Crippen LogP contribution < -0.4 is 10.2 Å². The van der Waals surface area contributed by atoms with Crippen LogP contribution in [-0.2, 0) is 11.3 Å². The van der Waals surface area contributed by atoms with Gasteiger partial charge in [-0.1, -0.05) is 29.3 Å². The third-order valence-electron chi connectivity index (χ3n) is 6.68. The lowest BCUT2D eigenvalue weighted by Crippen LogP contribution is -2.36. The summed E-state index contributed by atoms with van der Waals surface area (Å²) in [7, 11) is 0. The maximum Gasteiger partial charge on any atom is 0.148 e. The summed E-state index contributed by atoms with van der Waals surface area (Å²) in [5.41, 5.74) is 2.74. The summed E-state index contributed by atoms with van der Waals surface area (Å²) in [5, 5.41) is 4.67. The zero-order chi connectivity index (χ0) is 20.7. The quantitative estimate of drug-likeness (QED) is 0.687. The van der Waals surface area contributed by atoms with Crippen LogP contribution in [0.15, 0.2) is 36.4 Å². The van der Waals surface area contributed by atoms with Crippen LogP contribution in [0.1, 0.15) is 5.56 Å². The van der Waals surface area contributed by atoms with Gasteiger partial charge in [-0.3, -0.25) is 4.90 Å². The van der Waals surface area contributed by atoms with Gasteiger partial charge >= 0.3 is 0 Å². The molecule has 3 fully saturated rings. The number of ether oxygens (including phenoxy) is 1. The minimum absolute atomic E-state index is 0.161. The van der Waals surface area contributed by atoms with Crippen LogP contribution in [0.2, 0.25) is 10.0 Å². The molecule has 2 aromatic rings. The van der Waals surface area contributed by atoms with Gasteiger partial charge in [0.2, 0.25) is 0 Å². The van der Waals surface area contributed by atoms with E-state index in [-0.39, 0.29) is 5.82 Å². The summed E-state index contributed by atoms with van der Waals surface area (Å²) >= 11 is 12.1. The van der Waals surface area contributed by atoms with E-state index < -0.39 is 0 Å². The Morgan fingerprint density at radius 2 is 1.77 bits per heavy atom. The van der Waals surface area contributed by atoms with Gasteiger partial charge in [0.15, 0.2) is 0 Å². The molecule has 30 heavy (non-hydrogen) atoms. The van der Waals surface area contributed by atoms with E-state index in [1.165, 1.54) is 5.56 Å². The van der Waals surface area contributed by atoms with Crippen molar-refractivity contribution in [1.82, 2.24) is 4.90 Å². The number of benzene rings is 2. The van der Waals surface area contributed by atoms with E-state index in [0.29, 0.717) is 34.9 Å². The maximum atomic E-state index is 14.6. The van der Waals surface area contributed by atoms with E-state index in [1.54, 1.807) is 6.07 Å². The Kier molecular flexibility index (Phi) is 5.80. The van der Waals surface area contributed by atoms with Crippen LogP contribution in [0.3, 0.4) is 0 Å². The molecule has 2 heterocycles. The normalized spacial score (nSPS) is 26.0. The topological polar surface area (TPSA) is 27.7 Å². The van der Waals surface area contributed by atoms with Gasteiger partial charge in [0.05, 0.1) is 28.9 Å². The van der Waals surface area contributed by atoms with E-state index >= 15 is 0 Å². The number of morpholine rings is 1. The number of halogens is 3. The zero-order valence-electron chi connectivity index (χ0n) is 16.8. The summed E-state index contributed by atoms with van der Waals surface area (Å²) < 4.78 is 19.9. The number of hydrogen-bond acceptors (Lipinski definition) is 4. The second kappa shape index (κ2) is 8.54. The van der Waals surface area contributed by atoms with E-state index in [9.17, 15) is 4.39 Å². The van der Waals surface area contributed by atoms with Gasteiger partial charge in [0.1, 0.15) is 5.82 Å². The molecule has 160 valence electrons. The molecule has 1 aliphatic carbocycles. The molecule has 0 aromatic heterocycles. The second-order valence-electron chi connectivity index (χ2n) is 8.58. The Labute approximate surface area is 186 Å². The molecule has 2 aromatic carbocycles. The van der Waals surface area contributed by atoms with Gasteiger partial charge in [-0.05, 0) is 53.6 Å². The molecule has 0 spiro atoms. The summed E-state index contributed by atoms with van der Waals surface area (Å²) in [6.45, 7) is 6.85. The Balaban J connectivity index is 1.10. The molecule has 2 aliphatic heterocycles. The Morgan fingerprint density at radius 1 is 1.00 bits per heavy atom. The van der Waals surface area contributed by atoms with Gasteiger partial charge in [-0.25, -0.2) is 4.39 Å². The number of anilines is 2. The largest absolute Gasteiger partial charge is 0.385 e. The lowest BCUT2D eigenvalue weighted by molar-refractivity contribution is 0.122. The van der Waals surface area contributed by atoms with E-state index in [1.807, 2.05) is 30.3 Å². The van der Waals surface area contributed by atoms with Crippen LogP contribution >= 0.6 is 23.2 Å². The molecule has 0 bridgehead atoms. The molecule has 3 aliphatic rings. The number of likely N-dealkylation sites (tertiary alicyclic amines) is 1. The van der Waals surface area contributed by atoms with Gasteiger partial charge in [0, 0.05) is 45.0 Å². The van der Waals surface area contributed by atoms with Crippen molar-refractivity contribution < 1.29 is 9.13 Å². The van der Waals surface area contributed by atoms with Crippen molar-refractivity contribution in [2.75, 3.05) is 56.2 Å². The van der Waals surface area contributed by atoms with Crippen molar-refractivity contribution in [3.8, 4) is 0 Å². The first-order chi connectivity index (χ1) is 14.6. The average Bonchev–Trinajstić information content (AvgIpc) is 3.20. The molecule has 7 heteroatoms. The summed E-state index contributed by atoms with van der Waals surface area (Å²) in [5.74, 6) is 1.98. The number of fused-ring (bicyclic) bond motifs is 1. The van der Waals surface area contributed by atoms with Crippen LogP contribution in [0, 0.1) is 23.6 Å². The predicted octanol–water partition coefficient (Wildman–Crippen LogP) is 4.76. The molecule has 4 nitrogen and oxygen atoms in total. The van der Waals surface area contributed by atoms with Gasteiger partial charge < -0.3 is 15.0 Å².